The fourth-order valence-corrected chi connectivity index (χ4v) is 3.55. The molecule has 0 radical (unpaired) electrons. The minimum atomic E-state index is -0.383. The number of pyridine rings is 1. The summed E-state index contributed by atoms with van der Waals surface area (Å²) in [6, 6.07) is 1.97. The number of aromatic nitrogens is 1. The lowest BCUT2D eigenvalue weighted by atomic mass is 9.74. The largest absolute Gasteiger partial charge is 0.480 e. The first-order valence-corrected chi connectivity index (χ1v) is 7.86. The number of nitrogens with zero attached hydrogens (tertiary/aromatic N) is 1. The number of hydrogen-bond acceptors (Lipinski definition) is 3. The van der Waals surface area contributed by atoms with Crippen LogP contribution in [0, 0.1) is 0 Å². The zero-order chi connectivity index (χ0) is 15.7. The summed E-state index contributed by atoms with van der Waals surface area (Å²) < 4.78 is 6.41. The number of carbonyl (C=O) groups is 1. The SMILES string of the molecule is CC1=C(/C=C(\C)C(N)=O)C2(CCCCC2)Oc2cnccc21. The van der Waals surface area contributed by atoms with Gasteiger partial charge in [-0.3, -0.25) is 9.78 Å². The van der Waals surface area contributed by atoms with Crippen LogP contribution in [0.25, 0.3) is 5.57 Å². The van der Waals surface area contributed by atoms with Gasteiger partial charge in [-0.25, -0.2) is 0 Å². The first-order valence-electron chi connectivity index (χ1n) is 7.86. The summed E-state index contributed by atoms with van der Waals surface area (Å²) in [5.41, 5.74) is 8.97. The van der Waals surface area contributed by atoms with E-state index in [0.717, 1.165) is 48.1 Å². The van der Waals surface area contributed by atoms with Crippen LogP contribution in [0.5, 0.6) is 5.75 Å². The fraction of sp³-hybridized carbons (Fsp3) is 0.444. The molecule has 4 heteroatoms. The molecule has 0 saturated heterocycles. The Hall–Kier alpha value is -2.10. The summed E-state index contributed by atoms with van der Waals surface area (Å²) in [4.78, 5) is 15.7. The van der Waals surface area contributed by atoms with Gasteiger partial charge in [-0.05, 0) is 62.8 Å². The van der Waals surface area contributed by atoms with E-state index in [1.165, 1.54) is 6.42 Å². The molecule has 1 aromatic heterocycles. The molecule has 1 saturated carbocycles. The molecule has 4 nitrogen and oxygen atoms in total. The van der Waals surface area contributed by atoms with Gasteiger partial charge in [0.2, 0.25) is 5.91 Å². The standard InChI is InChI=1S/C18H22N2O2/c1-12(17(19)21)10-15-13(2)14-6-9-20-11-16(14)22-18(15)7-4-3-5-8-18/h6,9-11H,3-5,7-8H2,1-2H3,(H2,19,21)/b12-10+. The summed E-state index contributed by atoms with van der Waals surface area (Å²) in [7, 11) is 0. The Kier molecular flexibility index (Phi) is 3.77. The molecule has 2 aliphatic rings. The molecule has 0 bridgehead atoms. The molecular formula is C18H22N2O2. The minimum Gasteiger partial charge on any atom is -0.480 e. The first kappa shape index (κ1) is 14.8. The number of amides is 1. The van der Waals surface area contributed by atoms with Gasteiger partial charge in [0.25, 0.3) is 0 Å². The van der Waals surface area contributed by atoms with Crippen molar-refractivity contribution in [2.75, 3.05) is 0 Å². The van der Waals surface area contributed by atoms with E-state index in [0.29, 0.717) is 5.57 Å². The van der Waals surface area contributed by atoms with E-state index in [9.17, 15) is 4.79 Å². The molecule has 1 aliphatic carbocycles. The van der Waals surface area contributed by atoms with Crippen LogP contribution in [-0.4, -0.2) is 16.5 Å². The first-order chi connectivity index (χ1) is 10.5. The second-order valence-corrected chi connectivity index (χ2v) is 6.26. The van der Waals surface area contributed by atoms with E-state index in [2.05, 4.69) is 11.9 Å². The normalized spacial score (nSPS) is 20.5. The lowest BCUT2D eigenvalue weighted by molar-refractivity contribution is -0.114. The van der Waals surface area contributed by atoms with E-state index in [1.54, 1.807) is 19.3 Å². The minimum absolute atomic E-state index is 0.338. The van der Waals surface area contributed by atoms with E-state index in [-0.39, 0.29) is 11.5 Å². The average Bonchev–Trinajstić information content (AvgIpc) is 2.52. The Morgan fingerprint density at radius 1 is 1.36 bits per heavy atom. The van der Waals surface area contributed by atoms with Gasteiger partial charge in [0.1, 0.15) is 11.4 Å². The van der Waals surface area contributed by atoms with Gasteiger partial charge < -0.3 is 10.5 Å². The predicted octanol–water partition coefficient (Wildman–Crippen LogP) is 3.38. The molecule has 2 heterocycles. The molecule has 2 N–H and O–H groups in total. The Morgan fingerprint density at radius 3 is 2.77 bits per heavy atom. The number of rotatable bonds is 2. The summed E-state index contributed by atoms with van der Waals surface area (Å²) >= 11 is 0. The number of carbonyl (C=O) groups excluding carboxylic acids is 1. The van der Waals surface area contributed by atoms with Gasteiger partial charge in [-0.2, -0.15) is 0 Å². The van der Waals surface area contributed by atoms with Gasteiger partial charge in [-0.15, -0.1) is 0 Å². The molecule has 1 amide bonds. The van der Waals surface area contributed by atoms with Crippen molar-refractivity contribution in [2.45, 2.75) is 51.6 Å². The maximum Gasteiger partial charge on any atom is 0.244 e. The molecule has 1 spiro atoms. The van der Waals surface area contributed by atoms with Crippen LogP contribution in [0.2, 0.25) is 0 Å². The van der Waals surface area contributed by atoms with E-state index in [1.807, 2.05) is 12.1 Å². The molecule has 116 valence electrons. The number of nitrogens with two attached hydrogens (primary N) is 1. The van der Waals surface area contributed by atoms with Gasteiger partial charge >= 0.3 is 0 Å². The van der Waals surface area contributed by atoms with E-state index in [4.69, 9.17) is 10.5 Å². The Labute approximate surface area is 131 Å². The molecule has 0 aromatic carbocycles. The smallest absolute Gasteiger partial charge is 0.244 e. The summed E-state index contributed by atoms with van der Waals surface area (Å²) in [5, 5.41) is 0. The van der Waals surface area contributed by atoms with Crippen LogP contribution < -0.4 is 10.5 Å². The third-order valence-corrected chi connectivity index (χ3v) is 4.80. The van der Waals surface area contributed by atoms with Crippen LogP contribution in [0.15, 0.2) is 35.7 Å². The third-order valence-electron chi connectivity index (χ3n) is 4.80. The molecule has 1 fully saturated rings. The fourth-order valence-electron chi connectivity index (χ4n) is 3.55. The van der Waals surface area contributed by atoms with Crippen LogP contribution in [-0.2, 0) is 4.79 Å². The summed E-state index contributed by atoms with van der Waals surface area (Å²) in [6.45, 7) is 3.86. The Morgan fingerprint density at radius 2 is 2.09 bits per heavy atom. The monoisotopic (exact) mass is 298 g/mol. The van der Waals surface area contributed by atoms with E-state index < -0.39 is 0 Å². The van der Waals surface area contributed by atoms with E-state index >= 15 is 0 Å². The topological polar surface area (TPSA) is 65.2 Å². The second kappa shape index (κ2) is 5.59. The number of ether oxygens (including phenoxy) is 1. The van der Waals surface area contributed by atoms with Crippen LogP contribution in [0.4, 0.5) is 0 Å². The molecule has 1 aliphatic heterocycles. The van der Waals surface area contributed by atoms with Gasteiger partial charge in [0.15, 0.2) is 0 Å². The van der Waals surface area contributed by atoms with Crippen molar-refractivity contribution in [1.82, 2.24) is 4.98 Å². The second-order valence-electron chi connectivity index (χ2n) is 6.26. The predicted molar refractivity (Wildman–Crippen MR) is 86.2 cm³/mol. The van der Waals surface area contributed by atoms with Crippen molar-refractivity contribution in [3.8, 4) is 5.75 Å². The molecule has 0 atom stereocenters. The Bertz CT molecular complexity index is 667. The molecule has 1 aromatic rings. The molecule has 22 heavy (non-hydrogen) atoms. The number of hydrogen-bond donors (Lipinski definition) is 1. The highest BCUT2D eigenvalue weighted by molar-refractivity contribution is 5.92. The molecule has 0 unspecified atom stereocenters. The zero-order valence-corrected chi connectivity index (χ0v) is 13.2. The number of primary amides is 1. The maximum absolute atomic E-state index is 11.5. The van der Waals surface area contributed by atoms with Crippen molar-refractivity contribution < 1.29 is 9.53 Å². The Balaban J connectivity index is 2.17. The number of allylic oxidation sites excluding steroid dienone is 1. The highest BCUT2D eigenvalue weighted by atomic mass is 16.5. The zero-order valence-electron chi connectivity index (χ0n) is 13.2. The van der Waals surface area contributed by atoms with Crippen molar-refractivity contribution >= 4 is 11.5 Å². The van der Waals surface area contributed by atoms with Gasteiger partial charge in [-0.1, -0.05) is 6.42 Å². The summed E-state index contributed by atoms with van der Waals surface area (Å²) in [6.07, 6.45) is 10.9. The van der Waals surface area contributed by atoms with Gasteiger partial charge in [0.05, 0.1) is 6.20 Å². The molecule has 3 rings (SSSR count). The van der Waals surface area contributed by atoms with Crippen LogP contribution in [0.3, 0.4) is 0 Å². The highest BCUT2D eigenvalue weighted by Gasteiger charge is 2.41. The maximum atomic E-state index is 11.5. The lowest BCUT2D eigenvalue weighted by Crippen LogP contribution is -2.42. The van der Waals surface area contributed by atoms with Crippen LogP contribution >= 0.6 is 0 Å². The lowest BCUT2D eigenvalue weighted by Gasteiger charge is -2.43. The van der Waals surface area contributed by atoms with Crippen molar-refractivity contribution in [3.05, 3.63) is 41.2 Å². The third kappa shape index (κ3) is 2.43. The van der Waals surface area contributed by atoms with Crippen LogP contribution in [0.1, 0.15) is 51.5 Å². The van der Waals surface area contributed by atoms with Crippen molar-refractivity contribution in [1.29, 1.82) is 0 Å². The highest BCUT2D eigenvalue weighted by Crippen LogP contribution is 2.47. The molecular weight excluding hydrogens is 276 g/mol. The quantitative estimate of drug-likeness (QED) is 0.851. The average molecular weight is 298 g/mol. The number of fused-ring (bicyclic) bond motifs is 1. The summed E-state index contributed by atoms with van der Waals surface area (Å²) in [5.74, 6) is 0.461. The van der Waals surface area contributed by atoms with Crippen molar-refractivity contribution in [2.24, 2.45) is 5.73 Å². The van der Waals surface area contributed by atoms with Gasteiger partial charge in [0, 0.05) is 17.3 Å². The van der Waals surface area contributed by atoms with Crippen molar-refractivity contribution in [3.63, 3.8) is 0 Å².